The molecule has 1 fully saturated rings. The predicted molar refractivity (Wildman–Crippen MR) is 88.8 cm³/mol. The maximum Gasteiger partial charge on any atom is 0.240 e. The number of aliphatic hydroxyl groups excluding tert-OH is 1. The molecule has 24 heavy (non-hydrogen) atoms. The molecule has 0 radical (unpaired) electrons. The van der Waals surface area contributed by atoms with Gasteiger partial charge in [0.2, 0.25) is 15.9 Å². The number of nitrogens with one attached hydrogen (secondary N) is 1. The molecule has 3 atom stereocenters. The molecule has 2 rings (SSSR count). The summed E-state index contributed by atoms with van der Waals surface area (Å²) in [5.41, 5.74) is 0. The molecule has 0 aliphatic carbocycles. The molecular weight excluding hydrogens is 332 g/mol. The van der Waals surface area contributed by atoms with E-state index in [1.807, 2.05) is 0 Å². The van der Waals surface area contributed by atoms with E-state index >= 15 is 0 Å². The van der Waals surface area contributed by atoms with Gasteiger partial charge in [-0.05, 0) is 25.0 Å². The van der Waals surface area contributed by atoms with E-state index in [0.717, 1.165) is 0 Å². The molecule has 0 spiro atoms. The first kappa shape index (κ1) is 18.9. The molecule has 1 aliphatic rings. The molecule has 134 valence electrons. The molecule has 0 aromatic heterocycles. The number of amides is 1. The number of hydrogen-bond acceptors (Lipinski definition) is 5. The van der Waals surface area contributed by atoms with Gasteiger partial charge in [0.25, 0.3) is 0 Å². The number of ether oxygens (including phenoxy) is 1. The average Bonchev–Trinajstić information content (AvgIpc) is 2.56. The van der Waals surface area contributed by atoms with E-state index in [-0.39, 0.29) is 29.9 Å². The molecule has 2 N–H and O–H groups in total. The number of carbonyl (C=O) groups excluding carboxylic acids is 1. The molecule has 8 heteroatoms. The molecule has 1 aromatic carbocycles. The van der Waals surface area contributed by atoms with Crippen LogP contribution in [0.25, 0.3) is 0 Å². The Hall–Kier alpha value is -1.48. The molecule has 0 unspecified atom stereocenters. The fourth-order valence-electron chi connectivity index (χ4n) is 2.66. The van der Waals surface area contributed by atoms with Crippen molar-refractivity contribution in [1.82, 2.24) is 9.62 Å². The highest BCUT2D eigenvalue weighted by molar-refractivity contribution is 7.89. The summed E-state index contributed by atoms with van der Waals surface area (Å²) < 4.78 is 33.1. The molecular formula is C16H24N2O5S. The second-order valence-corrected chi connectivity index (χ2v) is 7.80. The van der Waals surface area contributed by atoms with Gasteiger partial charge in [0, 0.05) is 14.1 Å². The largest absolute Gasteiger partial charge is 0.394 e. The van der Waals surface area contributed by atoms with Crippen molar-refractivity contribution in [2.75, 3.05) is 20.7 Å². The minimum Gasteiger partial charge on any atom is -0.394 e. The third-order valence-corrected chi connectivity index (χ3v) is 5.56. The number of hydrogen-bond donors (Lipinski definition) is 2. The van der Waals surface area contributed by atoms with Crippen molar-refractivity contribution in [2.24, 2.45) is 0 Å². The minimum absolute atomic E-state index is 0.0555. The Balaban J connectivity index is 2.01. The van der Waals surface area contributed by atoms with E-state index in [2.05, 4.69) is 4.72 Å². The van der Waals surface area contributed by atoms with Crippen LogP contribution in [0.1, 0.15) is 19.3 Å². The number of aliphatic hydroxyl groups is 1. The summed E-state index contributed by atoms with van der Waals surface area (Å²) in [6.45, 7) is -0.311. The fourth-order valence-corrected chi connectivity index (χ4v) is 3.98. The van der Waals surface area contributed by atoms with Crippen LogP contribution in [0.3, 0.4) is 0 Å². The SMILES string of the molecule is CN(C)C(=O)C[C@H]1CC[C@@H](NS(=O)(=O)c2ccccc2)[C@H](CO)O1. The van der Waals surface area contributed by atoms with Gasteiger partial charge in [-0.25, -0.2) is 13.1 Å². The van der Waals surface area contributed by atoms with Crippen molar-refractivity contribution < 1.29 is 23.1 Å². The molecule has 1 aromatic rings. The third-order valence-electron chi connectivity index (χ3n) is 4.06. The lowest BCUT2D eigenvalue weighted by atomic mass is 9.98. The van der Waals surface area contributed by atoms with Crippen LogP contribution in [0.5, 0.6) is 0 Å². The lowest BCUT2D eigenvalue weighted by Crippen LogP contribution is -2.51. The van der Waals surface area contributed by atoms with E-state index in [1.54, 1.807) is 32.3 Å². The summed E-state index contributed by atoms with van der Waals surface area (Å²) in [6, 6.07) is 7.55. The topological polar surface area (TPSA) is 95.9 Å². The summed E-state index contributed by atoms with van der Waals surface area (Å²) in [5, 5.41) is 9.53. The van der Waals surface area contributed by atoms with Crippen LogP contribution in [0.2, 0.25) is 0 Å². The highest BCUT2D eigenvalue weighted by Crippen LogP contribution is 2.23. The molecule has 1 amide bonds. The summed E-state index contributed by atoms with van der Waals surface area (Å²) >= 11 is 0. The Labute approximate surface area is 142 Å². The van der Waals surface area contributed by atoms with Crippen LogP contribution in [0.15, 0.2) is 35.2 Å². The van der Waals surface area contributed by atoms with E-state index in [1.165, 1.54) is 17.0 Å². The first-order valence-corrected chi connectivity index (χ1v) is 9.35. The summed E-state index contributed by atoms with van der Waals surface area (Å²) in [7, 11) is -0.329. The average molecular weight is 356 g/mol. The molecule has 1 heterocycles. The summed E-state index contributed by atoms with van der Waals surface area (Å²) in [5.74, 6) is -0.0555. The maximum absolute atomic E-state index is 12.4. The zero-order valence-corrected chi connectivity index (χ0v) is 14.7. The smallest absolute Gasteiger partial charge is 0.240 e. The number of carbonyl (C=O) groups is 1. The zero-order valence-electron chi connectivity index (χ0n) is 13.9. The van der Waals surface area contributed by atoms with E-state index in [9.17, 15) is 18.3 Å². The predicted octanol–water partition coefficient (Wildman–Crippen LogP) is 0.352. The van der Waals surface area contributed by atoms with Gasteiger partial charge in [-0.15, -0.1) is 0 Å². The summed E-state index contributed by atoms with van der Waals surface area (Å²) in [6.07, 6.45) is 0.300. The second kappa shape index (κ2) is 8.06. The minimum atomic E-state index is -3.67. The van der Waals surface area contributed by atoms with Gasteiger partial charge >= 0.3 is 0 Å². The van der Waals surface area contributed by atoms with Gasteiger partial charge in [-0.3, -0.25) is 4.79 Å². The first-order chi connectivity index (χ1) is 11.3. The third kappa shape index (κ3) is 4.76. The van der Waals surface area contributed by atoms with E-state index in [0.29, 0.717) is 12.8 Å². The van der Waals surface area contributed by atoms with Crippen LogP contribution >= 0.6 is 0 Å². The summed E-state index contributed by atoms with van der Waals surface area (Å²) in [4.78, 5) is 13.4. The van der Waals surface area contributed by atoms with Gasteiger partial charge in [0.15, 0.2) is 0 Å². The molecule has 1 saturated heterocycles. The standard InChI is InChI=1S/C16H24N2O5S/c1-18(2)16(20)10-12-8-9-14(15(11-19)23-12)17-24(21,22)13-6-4-3-5-7-13/h3-7,12,14-15,17,19H,8-11H2,1-2H3/t12-,14-,15+/m1/s1. The van der Waals surface area contributed by atoms with Crippen molar-refractivity contribution in [3.8, 4) is 0 Å². The van der Waals surface area contributed by atoms with Gasteiger partial charge in [-0.1, -0.05) is 18.2 Å². The lowest BCUT2D eigenvalue weighted by molar-refractivity contribution is -0.137. The van der Waals surface area contributed by atoms with Crippen LogP contribution in [-0.4, -0.2) is 63.3 Å². The highest BCUT2D eigenvalue weighted by atomic mass is 32.2. The van der Waals surface area contributed by atoms with Crippen molar-refractivity contribution >= 4 is 15.9 Å². The molecule has 1 aliphatic heterocycles. The van der Waals surface area contributed by atoms with Crippen LogP contribution in [0, 0.1) is 0 Å². The normalized spacial score (nSPS) is 24.5. The van der Waals surface area contributed by atoms with Crippen molar-refractivity contribution in [3.63, 3.8) is 0 Å². The number of sulfonamides is 1. The van der Waals surface area contributed by atoms with Gasteiger partial charge in [0.05, 0.1) is 36.2 Å². The van der Waals surface area contributed by atoms with Crippen LogP contribution < -0.4 is 4.72 Å². The number of benzene rings is 1. The Morgan fingerprint density at radius 1 is 1.29 bits per heavy atom. The Kier molecular flexibility index (Phi) is 6.34. The quantitative estimate of drug-likeness (QED) is 0.767. The van der Waals surface area contributed by atoms with Crippen LogP contribution in [0.4, 0.5) is 0 Å². The first-order valence-electron chi connectivity index (χ1n) is 7.87. The lowest BCUT2D eigenvalue weighted by Gasteiger charge is -2.36. The maximum atomic E-state index is 12.4. The Morgan fingerprint density at radius 2 is 1.96 bits per heavy atom. The Bertz CT molecular complexity index is 648. The van der Waals surface area contributed by atoms with Crippen LogP contribution in [-0.2, 0) is 19.6 Å². The molecule has 7 nitrogen and oxygen atoms in total. The second-order valence-electron chi connectivity index (χ2n) is 6.09. The zero-order chi connectivity index (χ0) is 17.7. The van der Waals surface area contributed by atoms with Gasteiger partial charge in [-0.2, -0.15) is 0 Å². The van der Waals surface area contributed by atoms with Gasteiger partial charge in [0.1, 0.15) is 0 Å². The highest BCUT2D eigenvalue weighted by Gasteiger charge is 2.34. The van der Waals surface area contributed by atoms with E-state index in [4.69, 9.17) is 4.74 Å². The number of nitrogens with zero attached hydrogens (tertiary/aromatic N) is 1. The molecule has 0 saturated carbocycles. The molecule has 0 bridgehead atoms. The van der Waals surface area contributed by atoms with Crippen molar-refractivity contribution in [3.05, 3.63) is 30.3 Å². The van der Waals surface area contributed by atoms with Crippen molar-refractivity contribution in [2.45, 2.75) is 42.4 Å². The monoisotopic (exact) mass is 356 g/mol. The van der Waals surface area contributed by atoms with Gasteiger partial charge < -0.3 is 14.7 Å². The Morgan fingerprint density at radius 3 is 2.54 bits per heavy atom. The van der Waals surface area contributed by atoms with E-state index < -0.39 is 22.2 Å². The fraction of sp³-hybridized carbons (Fsp3) is 0.562. The van der Waals surface area contributed by atoms with Crippen molar-refractivity contribution in [1.29, 1.82) is 0 Å². The number of rotatable bonds is 6.